The van der Waals surface area contributed by atoms with Crippen molar-refractivity contribution in [1.82, 2.24) is 0 Å². The number of rotatable bonds is 2. The number of thiophene rings is 1. The molecule has 1 aliphatic rings. The van der Waals surface area contributed by atoms with Crippen molar-refractivity contribution in [2.45, 2.75) is 13.3 Å². The molecule has 0 aliphatic carbocycles. The molecular formula is C18H14N2O3S. The zero-order valence-electron chi connectivity index (χ0n) is 13.0. The molecule has 5 nitrogen and oxygen atoms in total. The van der Waals surface area contributed by atoms with Gasteiger partial charge < -0.3 is 4.90 Å². The number of aryl methyl sites for hydroxylation is 1. The molecule has 2 aromatic carbocycles. The maximum absolute atomic E-state index is 13.0. The second-order valence-corrected chi connectivity index (χ2v) is 6.88. The highest BCUT2D eigenvalue weighted by molar-refractivity contribution is 7.21. The van der Waals surface area contributed by atoms with Gasteiger partial charge in [-0.3, -0.25) is 14.9 Å². The molecule has 1 amide bonds. The van der Waals surface area contributed by atoms with Crippen LogP contribution in [0.3, 0.4) is 0 Å². The van der Waals surface area contributed by atoms with Crippen LogP contribution in [0, 0.1) is 17.0 Å². The molecule has 0 bridgehead atoms. The molecule has 1 aromatic heterocycles. The van der Waals surface area contributed by atoms with E-state index >= 15 is 0 Å². The summed E-state index contributed by atoms with van der Waals surface area (Å²) >= 11 is 1.48. The summed E-state index contributed by atoms with van der Waals surface area (Å²) in [7, 11) is 0. The minimum Gasteiger partial charge on any atom is -0.307 e. The van der Waals surface area contributed by atoms with Crippen molar-refractivity contribution in [3.63, 3.8) is 0 Å². The molecule has 24 heavy (non-hydrogen) atoms. The van der Waals surface area contributed by atoms with Gasteiger partial charge in [-0.25, -0.2) is 0 Å². The summed E-state index contributed by atoms with van der Waals surface area (Å²) in [4.78, 5) is 26.0. The highest BCUT2D eigenvalue weighted by Gasteiger charge is 2.29. The van der Waals surface area contributed by atoms with Crippen molar-refractivity contribution in [2.24, 2.45) is 0 Å². The summed E-state index contributed by atoms with van der Waals surface area (Å²) in [6.45, 7) is 2.51. The number of carbonyl (C=O) groups is 1. The van der Waals surface area contributed by atoms with Gasteiger partial charge in [0.25, 0.3) is 11.6 Å². The van der Waals surface area contributed by atoms with Crippen molar-refractivity contribution in [2.75, 3.05) is 11.4 Å². The van der Waals surface area contributed by atoms with Crippen molar-refractivity contribution < 1.29 is 9.72 Å². The highest BCUT2D eigenvalue weighted by atomic mass is 32.1. The number of nitrogens with zero attached hydrogens (tertiary/aromatic N) is 2. The lowest BCUT2D eigenvalue weighted by Gasteiger charge is -2.16. The maximum atomic E-state index is 13.0. The smallest absolute Gasteiger partial charge is 0.271 e. The minimum absolute atomic E-state index is 0.0153. The maximum Gasteiger partial charge on any atom is 0.271 e. The number of nitro groups is 1. The normalized spacial score (nSPS) is 13.3. The quantitative estimate of drug-likeness (QED) is 0.516. The average Bonchev–Trinajstić information content (AvgIpc) is 3.15. The Hall–Kier alpha value is -2.73. The van der Waals surface area contributed by atoms with Crippen LogP contribution >= 0.6 is 11.3 Å². The van der Waals surface area contributed by atoms with Crippen molar-refractivity contribution in [3.8, 4) is 0 Å². The van der Waals surface area contributed by atoms with Crippen LogP contribution in [0.25, 0.3) is 10.1 Å². The van der Waals surface area contributed by atoms with E-state index in [0.717, 1.165) is 27.6 Å². The Balaban J connectivity index is 1.78. The Morgan fingerprint density at radius 3 is 2.79 bits per heavy atom. The first kappa shape index (κ1) is 14.8. The number of anilines is 1. The average molecular weight is 338 g/mol. The monoisotopic (exact) mass is 338 g/mol. The molecule has 3 aromatic rings. The van der Waals surface area contributed by atoms with Crippen LogP contribution in [0.1, 0.15) is 20.8 Å². The number of hydrogen-bond acceptors (Lipinski definition) is 4. The van der Waals surface area contributed by atoms with Crippen molar-refractivity contribution in [1.29, 1.82) is 0 Å². The summed E-state index contributed by atoms with van der Waals surface area (Å²) in [6.07, 6.45) is 0.725. The lowest BCUT2D eigenvalue weighted by Crippen LogP contribution is -2.28. The number of amides is 1. The van der Waals surface area contributed by atoms with E-state index in [9.17, 15) is 14.9 Å². The lowest BCUT2D eigenvalue weighted by atomic mass is 10.1. The summed E-state index contributed by atoms with van der Waals surface area (Å²) in [5.74, 6) is -0.0760. The molecule has 0 N–H and O–H groups in total. The predicted octanol–water partition coefficient (Wildman–Crippen LogP) is 4.32. The second-order valence-electron chi connectivity index (χ2n) is 5.83. The van der Waals surface area contributed by atoms with Crippen LogP contribution in [0.4, 0.5) is 11.4 Å². The third kappa shape index (κ3) is 2.18. The Bertz CT molecular complexity index is 993. The van der Waals surface area contributed by atoms with E-state index in [0.29, 0.717) is 17.1 Å². The third-order valence-corrected chi connectivity index (χ3v) is 5.72. The van der Waals surface area contributed by atoms with E-state index < -0.39 is 4.92 Å². The summed E-state index contributed by atoms with van der Waals surface area (Å²) in [6, 6.07) is 12.7. The van der Waals surface area contributed by atoms with Crippen LogP contribution in [-0.2, 0) is 6.42 Å². The first-order chi connectivity index (χ1) is 11.6. The van der Waals surface area contributed by atoms with Gasteiger partial charge in [0.15, 0.2) is 0 Å². The number of hydrogen-bond donors (Lipinski definition) is 0. The van der Waals surface area contributed by atoms with Crippen LogP contribution in [0.5, 0.6) is 0 Å². The number of carbonyl (C=O) groups excluding carboxylic acids is 1. The molecule has 6 heteroatoms. The van der Waals surface area contributed by atoms with Crippen molar-refractivity contribution in [3.05, 3.63) is 68.6 Å². The molecule has 4 rings (SSSR count). The molecule has 0 radical (unpaired) electrons. The number of fused-ring (bicyclic) bond motifs is 2. The minimum atomic E-state index is -0.425. The Morgan fingerprint density at radius 2 is 2.04 bits per heavy atom. The lowest BCUT2D eigenvalue weighted by molar-refractivity contribution is -0.384. The molecule has 2 heterocycles. The van der Waals surface area contributed by atoms with E-state index in [1.54, 1.807) is 11.0 Å². The number of nitro benzene ring substituents is 1. The summed E-state index contributed by atoms with van der Waals surface area (Å²) in [5.41, 5.74) is 2.62. The van der Waals surface area contributed by atoms with Gasteiger partial charge >= 0.3 is 0 Å². The largest absolute Gasteiger partial charge is 0.307 e. The topological polar surface area (TPSA) is 63.5 Å². The molecule has 0 fully saturated rings. The van der Waals surface area contributed by atoms with Gasteiger partial charge in [-0.05, 0) is 35.9 Å². The van der Waals surface area contributed by atoms with Crippen LogP contribution < -0.4 is 4.90 Å². The Kier molecular flexibility index (Phi) is 3.35. The van der Waals surface area contributed by atoms with E-state index in [2.05, 4.69) is 0 Å². The summed E-state index contributed by atoms with van der Waals surface area (Å²) in [5, 5.41) is 12.1. The van der Waals surface area contributed by atoms with Crippen LogP contribution in [0.2, 0.25) is 0 Å². The van der Waals surface area contributed by atoms with Crippen LogP contribution in [-0.4, -0.2) is 17.4 Å². The standard InChI is InChI=1S/C18H14N2O3S/c1-11-14-4-2-3-5-16(14)24-17(11)18(21)19-9-8-12-6-7-13(20(22)23)10-15(12)19/h2-7,10H,8-9H2,1H3. The van der Waals surface area contributed by atoms with E-state index in [1.165, 1.54) is 23.5 Å². The summed E-state index contributed by atoms with van der Waals surface area (Å²) < 4.78 is 1.08. The molecular weight excluding hydrogens is 324 g/mol. The van der Waals surface area contributed by atoms with Crippen molar-refractivity contribution >= 4 is 38.7 Å². The zero-order valence-corrected chi connectivity index (χ0v) is 13.8. The molecule has 0 atom stereocenters. The van der Waals surface area contributed by atoms with E-state index in [4.69, 9.17) is 0 Å². The van der Waals surface area contributed by atoms with Gasteiger partial charge in [0.05, 0.1) is 15.5 Å². The first-order valence-corrected chi connectivity index (χ1v) is 8.45. The Morgan fingerprint density at radius 1 is 1.25 bits per heavy atom. The van der Waals surface area contributed by atoms with E-state index in [1.807, 2.05) is 31.2 Å². The fourth-order valence-corrected chi connectivity index (χ4v) is 4.35. The molecule has 120 valence electrons. The fourth-order valence-electron chi connectivity index (χ4n) is 3.19. The predicted molar refractivity (Wildman–Crippen MR) is 95.0 cm³/mol. The molecule has 1 aliphatic heterocycles. The SMILES string of the molecule is Cc1c(C(=O)N2CCc3ccc([N+](=O)[O-])cc32)sc2ccccc12. The second kappa shape index (κ2) is 5.42. The Labute approximate surface area is 142 Å². The first-order valence-electron chi connectivity index (χ1n) is 7.63. The van der Waals surface area contributed by atoms with Gasteiger partial charge in [-0.2, -0.15) is 0 Å². The molecule has 0 unspecified atom stereocenters. The van der Waals surface area contributed by atoms with Gasteiger partial charge in [-0.1, -0.05) is 24.3 Å². The molecule has 0 saturated carbocycles. The van der Waals surface area contributed by atoms with Gasteiger partial charge in [0.1, 0.15) is 0 Å². The molecule has 0 saturated heterocycles. The number of non-ortho nitro benzene ring substituents is 1. The van der Waals surface area contributed by atoms with Gasteiger partial charge in [-0.15, -0.1) is 11.3 Å². The van der Waals surface area contributed by atoms with Gasteiger partial charge in [0.2, 0.25) is 0 Å². The number of benzene rings is 2. The zero-order chi connectivity index (χ0) is 16.8. The fraction of sp³-hybridized carbons (Fsp3) is 0.167. The molecule has 0 spiro atoms. The van der Waals surface area contributed by atoms with E-state index in [-0.39, 0.29) is 11.6 Å². The highest BCUT2D eigenvalue weighted by Crippen LogP contribution is 2.36. The van der Waals surface area contributed by atoms with Gasteiger partial charge in [0, 0.05) is 23.4 Å². The van der Waals surface area contributed by atoms with Crippen LogP contribution in [0.15, 0.2) is 42.5 Å². The third-order valence-electron chi connectivity index (χ3n) is 4.46.